The van der Waals surface area contributed by atoms with Gasteiger partial charge < -0.3 is 20.1 Å². The lowest BCUT2D eigenvalue weighted by Gasteiger charge is -2.14. The third-order valence-electron chi connectivity index (χ3n) is 3.61. The Labute approximate surface area is 111 Å². The van der Waals surface area contributed by atoms with Crippen molar-refractivity contribution in [1.29, 1.82) is 0 Å². The van der Waals surface area contributed by atoms with Crippen molar-refractivity contribution < 1.29 is 9.84 Å². The number of imidazole rings is 1. The van der Waals surface area contributed by atoms with Gasteiger partial charge in [0.15, 0.2) is 5.82 Å². The van der Waals surface area contributed by atoms with Crippen molar-refractivity contribution in [3.63, 3.8) is 0 Å². The van der Waals surface area contributed by atoms with Crippen molar-refractivity contribution in [3.8, 4) is 0 Å². The quantitative estimate of drug-likeness (QED) is 0.856. The van der Waals surface area contributed by atoms with Crippen LogP contribution in [0.2, 0.25) is 0 Å². The average molecular weight is 262 g/mol. The fraction of sp³-hybridized carbons (Fsp3) is 0.538. The molecule has 1 aliphatic rings. The number of rotatable bonds is 4. The second kappa shape index (κ2) is 5.14. The van der Waals surface area contributed by atoms with E-state index < -0.39 is 0 Å². The number of nitrogen functional groups attached to an aromatic ring is 1. The fourth-order valence-corrected chi connectivity index (χ4v) is 2.65. The number of anilines is 1. The summed E-state index contributed by atoms with van der Waals surface area (Å²) >= 11 is 0. The predicted octanol–water partition coefficient (Wildman–Crippen LogP) is 0.943. The van der Waals surface area contributed by atoms with E-state index in [4.69, 9.17) is 15.6 Å². The molecule has 0 saturated carbocycles. The first-order valence-electron chi connectivity index (χ1n) is 6.59. The van der Waals surface area contributed by atoms with Gasteiger partial charge in [0, 0.05) is 12.8 Å². The number of ether oxygens (including phenoxy) is 1. The molecule has 102 valence electrons. The Kier molecular flexibility index (Phi) is 3.35. The standard InChI is InChI=1S/C13H18N4O2/c14-13-12-11(3-5-15-13)17(8-16-12)7-10-2-1-9(19-10)4-6-18/h3,5,8-10,18H,1-2,4,6-7H2,(H2,14,15)/t9-,10+/m0/s1. The van der Waals surface area contributed by atoms with Crippen LogP contribution in [0.5, 0.6) is 0 Å². The number of aliphatic hydroxyl groups is 1. The first kappa shape index (κ1) is 12.4. The van der Waals surface area contributed by atoms with E-state index in [-0.39, 0.29) is 18.8 Å². The lowest BCUT2D eigenvalue weighted by atomic mass is 10.1. The molecular formula is C13H18N4O2. The van der Waals surface area contributed by atoms with Gasteiger partial charge in [-0.25, -0.2) is 9.97 Å². The molecule has 3 rings (SSSR count). The van der Waals surface area contributed by atoms with Crippen molar-refractivity contribution in [2.45, 2.75) is 38.0 Å². The molecule has 2 aromatic rings. The van der Waals surface area contributed by atoms with E-state index in [9.17, 15) is 0 Å². The van der Waals surface area contributed by atoms with Gasteiger partial charge in [-0.2, -0.15) is 0 Å². The third kappa shape index (κ3) is 2.41. The van der Waals surface area contributed by atoms with Gasteiger partial charge in [0.1, 0.15) is 5.52 Å². The maximum Gasteiger partial charge on any atom is 0.151 e. The zero-order valence-corrected chi connectivity index (χ0v) is 10.7. The number of fused-ring (bicyclic) bond motifs is 1. The molecule has 0 bridgehead atoms. The lowest BCUT2D eigenvalue weighted by molar-refractivity contribution is 0.0235. The molecule has 3 N–H and O–H groups in total. The van der Waals surface area contributed by atoms with Gasteiger partial charge in [0.05, 0.1) is 30.6 Å². The van der Waals surface area contributed by atoms with Crippen LogP contribution in [0, 0.1) is 0 Å². The Balaban J connectivity index is 1.74. The summed E-state index contributed by atoms with van der Waals surface area (Å²) in [4.78, 5) is 8.33. The van der Waals surface area contributed by atoms with Crippen LogP contribution in [0.1, 0.15) is 19.3 Å². The second-order valence-corrected chi connectivity index (χ2v) is 4.93. The summed E-state index contributed by atoms with van der Waals surface area (Å²) in [5.41, 5.74) is 7.52. The first-order chi connectivity index (χ1) is 9.28. The average Bonchev–Trinajstić information content (AvgIpc) is 3.00. The lowest BCUT2D eigenvalue weighted by Crippen LogP contribution is -2.17. The van der Waals surface area contributed by atoms with E-state index in [1.165, 1.54) is 0 Å². The van der Waals surface area contributed by atoms with Gasteiger partial charge in [-0.05, 0) is 25.3 Å². The third-order valence-corrected chi connectivity index (χ3v) is 3.61. The molecule has 0 amide bonds. The molecule has 19 heavy (non-hydrogen) atoms. The number of hydrogen-bond acceptors (Lipinski definition) is 5. The van der Waals surface area contributed by atoms with E-state index >= 15 is 0 Å². The highest BCUT2D eigenvalue weighted by Gasteiger charge is 2.25. The van der Waals surface area contributed by atoms with Crippen molar-refractivity contribution in [1.82, 2.24) is 14.5 Å². The molecule has 2 aromatic heterocycles. The van der Waals surface area contributed by atoms with Crippen molar-refractivity contribution in [2.24, 2.45) is 0 Å². The summed E-state index contributed by atoms with van der Waals surface area (Å²) in [6.07, 6.45) is 6.61. The Morgan fingerprint density at radius 1 is 1.37 bits per heavy atom. The normalized spacial score (nSPS) is 23.2. The molecule has 1 aliphatic heterocycles. The van der Waals surface area contributed by atoms with Gasteiger partial charge in [-0.3, -0.25) is 0 Å². The van der Waals surface area contributed by atoms with E-state index in [2.05, 4.69) is 14.5 Å². The highest BCUT2D eigenvalue weighted by molar-refractivity contribution is 5.84. The molecule has 0 aromatic carbocycles. The molecule has 0 unspecified atom stereocenters. The zero-order chi connectivity index (χ0) is 13.2. The van der Waals surface area contributed by atoms with Gasteiger partial charge >= 0.3 is 0 Å². The van der Waals surface area contributed by atoms with E-state index in [0.29, 0.717) is 5.82 Å². The van der Waals surface area contributed by atoms with Gasteiger partial charge in [0.25, 0.3) is 0 Å². The van der Waals surface area contributed by atoms with E-state index in [0.717, 1.165) is 36.8 Å². The van der Waals surface area contributed by atoms with Gasteiger partial charge in [-0.1, -0.05) is 0 Å². The fourth-order valence-electron chi connectivity index (χ4n) is 2.65. The molecule has 1 saturated heterocycles. The molecule has 6 heteroatoms. The monoisotopic (exact) mass is 262 g/mol. The Bertz CT molecular complexity index is 569. The number of aromatic nitrogens is 3. The first-order valence-corrected chi connectivity index (χ1v) is 6.59. The van der Waals surface area contributed by atoms with Crippen LogP contribution in [0.25, 0.3) is 11.0 Å². The van der Waals surface area contributed by atoms with E-state index in [1.807, 2.05) is 6.07 Å². The van der Waals surface area contributed by atoms with E-state index in [1.54, 1.807) is 12.5 Å². The van der Waals surface area contributed by atoms with Crippen LogP contribution in [-0.2, 0) is 11.3 Å². The van der Waals surface area contributed by atoms with Crippen molar-refractivity contribution >= 4 is 16.9 Å². The number of pyridine rings is 1. The molecular weight excluding hydrogens is 244 g/mol. The van der Waals surface area contributed by atoms with Crippen LogP contribution < -0.4 is 5.73 Å². The summed E-state index contributed by atoms with van der Waals surface area (Å²) in [7, 11) is 0. The van der Waals surface area contributed by atoms with Crippen LogP contribution in [-0.4, -0.2) is 38.5 Å². The smallest absolute Gasteiger partial charge is 0.151 e. The van der Waals surface area contributed by atoms with Crippen LogP contribution in [0.3, 0.4) is 0 Å². The zero-order valence-electron chi connectivity index (χ0n) is 10.7. The van der Waals surface area contributed by atoms with Gasteiger partial charge in [0.2, 0.25) is 0 Å². The summed E-state index contributed by atoms with van der Waals surface area (Å²) in [5.74, 6) is 0.460. The molecule has 2 atom stereocenters. The maximum atomic E-state index is 8.93. The Morgan fingerprint density at radius 2 is 2.21 bits per heavy atom. The minimum atomic E-state index is 0.184. The second-order valence-electron chi connectivity index (χ2n) is 4.93. The topological polar surface area (TPSA) is 86.2 Å². The maximum absolute atomic E-state index is 8.93. The summed E-state index contributed by atoms with van der Waals surface area (Å²) < 4.78 is 7.95. The molecule has 3 heterocycles. The summed E-state index contributed by atoms with van der Waals surface area (Å²) in [6, 6.07) is 1.92. The van der Waals surface area contributed by atoms with Crippen LogP contribution in [0.4, 0.5) is 5.82 Å². The number of aliphatic hydroxyl groups excluding tert-OH is 1. The SMILES string of the molecule is Nc1nccc2c1ncn2C[C@H]1CC[C@@H](CCO)O1. The number of nitrogens with two attached hydrogens (primary N) is 1. The molecule has 1 fully saturated rings. The van der Waals surface area contributed by atoms with Crippen molar-refractivity contribution in [3.05, 3.63) is 18.6 Å². The van der Waals surface area contributed by atoms with Crippen LogP contribution in [0.15, 0.2) is 18.6 Å². The minimum absolute atomic E-state index is 0.184. The minimum Gasteiger partial charge on any atom is -0.396 e. The molecule has 0 spiro atoms. The summed E-state index contributed by atoms with van der Waals surface area (Å²) in [5, 5.41) is 8.93. The number of nitrogens with zero attached hydrogens (tertiary/aromatic N) is 3. The van der Waals surface area contributed by atoms with Crippen LogP contribution >= 0.6 is 0 Å². The highest BCUT2D eigenvalue weighted by Crippen LogP contribution is 2.25. The molecule has 6 nitrogen and oxygen atoms in total. The molecule has 0 radical (unpaired) electrons. The highest BCUT2D eigenvalue weighted by atomic mass is 16.5. The number of hydrogen-bond donors (Lipinski definition) is 2. The Morgan fingerprint density at radius 3 is 3.05 bits per heavy atom. The predicted molar refractivity (Wildman–Crippen MR) is 71.5 cm³/mol. The molecule has 0 aliphatic carbocycles. The largest absolute Gasteiger partial charge is 0.396 e. The van der Waals surface area contributed by atoms with Gasteiger partial charge in [-0.15, -0.1) is 0 Å². The Hall–Kier alpha value is -1.66. The summed E-state index contributed by atoms with van der Waals surface area (Å²) in [6.45, 7) is 0.954. The van der Waals surface area contributed by atoms with Crippen molar-refractivity contribution in [2.75, 3.05) is 12.3 Å².